The van der Waals surface area contributed by atoms with Crippen LogP contribution >= 0.6 is 21.6 Å². The average Bonchev–Trinajstić information content (AvgIpc) is 3.28. The van der Waals surface area contributed by atoms with Crippen molar-refractivity contribution in [3.8, 4) is 0 Å². The third-order valence-electron chi connectivity index (χ3n) is 4.43. The van der Waals surface area contributed by atoms with E-state index in [1.165, 1.54) is 34.2 Å². The van der Waals surface area contributed by atoms with Gasteiger partial charge in [-0.3, -0.25) is 0 Å². The molecule has 9 heteroatoms. The van der Waals surface area contributed by atoms with E-state index in [4.69, 9.17) is 4.74 Å². The first-order valence-corrected chi connectivity index (χ1v) is 10.8. The molecular formula is C17H21F2N3O2S2. The zero-order chi connectivity index (χ0) is 18.6. The molecule has 1 aromatic carbocycles. The summed E-state index contributed by atoms with van der Waals surface area (Å²) in [6.45, 7) is 2.64. The number of aliphatic hydroxyl groups is 1. The molecule has 5 nitrogen and oxygen atoms in total. The van der Waals surface area contributed by atoms with Gasteiger partial charge in [0, 0.05) is 29.2 Å². The van der Waals surface area contributed by atoms with Crippen LogP contribution in [0.5, 0.6) is 0 Å². The Morgan fingerprint density at radius 3 is 2.96 bits per heavy atom. The van der Waals surface area contributed by atoms with Gasteiger partial charge in [0.15, 0.2) is 0 Å². The van der Waals surface area contributed by atoms with Crippen molar-refractivity contribution >= 4 is 21.6 Å². The van der Waals surface area contributed by atoms with Crippen LogP contribution in [0, 0.1) is 11.6 Å². The van der Waals surface area contributed by atoms with E-state index in [9.17, 15) is 13.9 Å². The highest BCUT2D eigenvalue weighted by molar-refractivity contribution is 8.77. The first-order chi connectivity index (χ1) is 12.5. The van der Waals surface area contributed by atoms with Crippen molar-refractivity contribution in [3.63, 3.8) is 0 Å². The van der Waals surface area contributed by atoms with Crippen LogP contribution in [-0.2, 0) is 16.9 Å². The molecule has 0 bridgehead atoms. The second kappa shape index (κ2) is 8.69. The molecule has 1 aliphatic rings. The van der Waals surface area contributed by atoms with Crippen molar-refractivity contribution in [3.05, 3.63) is 48.1 Å². The summed E-state index contributed by atoms with van der Waals surface area (Å²) in [5.41, 5.74) is -1.52. The van der Waals surface area contributed by atoms with Gasteiger partial charge in [-0.15, -0.1) is 0 Å². The van der Waals surface area contributed by atoms with Gasteiger partial charge in [-0.2, -0.15) is 5.10 Å². The lowest BCUT2D eigenvalue weighted by Gasteiger charge is -2.34. The SMILES string of the molecule is C[C@@H](SSCC1CCCO1)[C@](O)(Cn1cncn1)c1ccc(F)cc1F. The lowest BCUT2D eigenvalue weighted by molar-refractivity contribution is 0.0137. The van der Waals surface area contributed by atoms with E-state index >= 15 is 0 Å². The summed E-state index contributed by atoms with van der Waals surface area (Å²) in [6.07, 6.45) is 5.15. The van der Waals surface area contributed by atoms with Crippen molar-refractivity contribution in [2.75, 3.05) is 12.4 Å². The molecule has 1 fully saturated rings. The molecule has 2 aromatic rings. The Morgan fingerprint density at radius 2 is 2.31 bits per heavy atom. The van der Waals surface area contributed by atoms with E-state index in [0.29, 0.717) is 0 Å². The molecule has 1 saturated heterocycles. The van der Waals surface area contributed by atoms with E-state index in [1.807, 2.05) is 6.92 Å². The molecule has 1 aliphatic heterocycles. The lowest BCUT2D eigenvalue weighted by Crippen LogP contribution is -2.41. The van der Waals surface area contributed by atoms with Crippen molar-refractivity contribution in [1.82, 2.24) is 14.8 Å². The largest absolute Gasteiger partial charge is 0.382 e. The van der Waals surface area contributed by atoms with E-state index in [-0.39, 0.29) is 23.5 Å². The van der Waals surface area contributed by atoms with E-state index < -0.39 is 17.2 Å². The van der Waals surface area contributed by atoms with Crippen LogP contribution < -0.4 is 0 Å². The lowest BCUT2D eigenvalue weighted by atomic mass is 9.90. The number of hydrogen-bond donors (Lipinski definition) is 1. The third kappa shape index (κ3) is 4.57. The fourth-order valence-electron chi connectivity index (χ4n) is 2.91. The van der Waals surface area contributed by atoms with E-state index in [2.05, 4.69) is 10.1 Å². The summed E-state index contributed by atoms with van der Waals surface area (Å²) >= 11 is 0. The zero-order valence-corrected chi connectivity index (χ0v) is 16.0. The molecule has 1 N–H and O–H groups in total. The molecule has 1 unspecified atom stereocenters. The van der Waals surface area contributed by atoms with Gasteiger partial charge < -0.3 is 9.84 Å². The summed E-state index contributed by atoms with van der Waals surface area (Å²) in [4.78, 5) is 3.87. The smallest absolute Gasteiger partial charge is 0.137 e. The van der Waals surface area contributed by atoms with Gasteiger partial charge in [0.25, 0.3) is 0 Å². The number of rotatable bonds is 8. The molecule has 2 heterocycles. The standard InChI is InChI=1S/C17H21F2N3O2S2/c1-12(26-25-8-14-3-2-6-24-14)17(23,9-22-11-20-10-21-22)15-5-4-13(18)7-16(15)19/h4-5,7,10-12,14,23H,2-3,6,8-9H2,1H3/t12-,14?,17-/m1/s1. The van der Waals surface area contributed by atoms with Gasteiger partial charge in [-0.1, -0.05) is 27.7 Å². The van der Waals surface area contributed by atoms with Gasteiger partial charge >= 0.3 is 0 Å². The molecule has 142 valence electrons. The van der Waals surface area contributed by atoms with E-state index in [1.54, 1.807) is 10.8 Å². The first-order valence-electron chi connectivity index (χ1n) is 8.39. The first kappa shape index (κ1) is 19.6. The van der Waals surface area contributed by atoms with Crippen LogP contribution in [0.25, 0.3) is 0 Å². The third-order valence-corrected chi connectivity index (χ3v) is 7.44. The monoisotopic (exact) mass is 401 g/mol. The van der Waals surface area contributed by atoms with Gasteiger partial charge in [0.2, 0.25) is 0 Å². The predicted molar refractivity (Wildman–Crippen MR) is 98.8 cm³/mol. The maximum atomic E-state index is 14.4. The molecule has 0 saturated carbocycles. The van der Waals surface area contributed by atoms with Crippen LogP contribution in [0.3, 0.4) is 0 Å². The van der Waals surface area contributed by atoms with E-state index in [0.717, 1.165) is 37.3 Å². The van der Waals surface area contributed by atoms with Crippen LogP contribution in [0.2, 0.25) is 0 Å². The maximum Gasteiger partial charge on any atom is 0.137 e. The summed E-state index contributed by atoms with van der Waals surface area (Å²) in [6, 6.07) is 3.24. The molecule has 0 amide bonds. The maximum absolute atomic E-state index is 14.4. The summed E-state index contributed by atoms with van der Waals surface area (Å²) in [5.74, 6) is -0.646. The van der Waals surface area contributed by atoms with Crippen LogP contribution in [0.4, 0.5) is 8.78 Å². The van der Waals surface area contributed by atoms with Crippen LogP contribution in [-0.4, -0.2) is 43.6 Å². The Kier molecular flexibility index (Phi) is 6.55. The highest BCUT2D eigenvalue weighted by atomic mass is 33.1. The Bertz CT molecular complexity index is 714. The minimum atomic E-state index is -1.57. The Balaban J connectivity index is 1.77. The second-order valence-electron chi connectivity index (χ2n) is 6.30. The molecule has 0 spiro atoms. The fraction of sp³-hybridized carbons (Fsp3) is 0.529. The number of aromatic nitrogens is 3. The molecule has 26 heavy (non-hydrogen) atoms. The Morgan fingerprint density at radius 1 is 1.46 bits per heavy atom. The van der Waals surface area contributed by atoms with Gasteiger partial charge in [-0.25, -0.2) is 18.4 Å². The number of nitrogens with zero attached hydrogens (tertiary/aromatic N) is 3. The second-order valence-corrected chi connectivity index (χ2v) is 9.05. The minimum absolute atomic E-state index is 0.0181. The normalized spacial score (nSPS) is 20.8. The van der Waals surface area contributed by atoms with Gasteiger partial charge in [-0.05, 0) is 25.8 Å². The molecule has 0 aliphatic carbocycles. The zero-order valence-electron chi connectivity index (χ0n) is 14.3. The fourth-order valence-corrected chi connectivity index (χ4v) is 5.75. The van der Waals surface area contributed by atoms with Crippen molar-refractivity contribution < 1.29 is 18.6 Å². The van der Waals surface area contributed by atoms with Crippen molar-refractivity contribution in [2.45, 2.75) is 43.3 Å². The summed E-state index contributed by atoms with van der Waals surface area (Å²) in [5, 5.41) is 15.0. The van der Waals surface area contributed by atoms with Gasteiger partial charge in [0.05, 0.1) is 12.6 Å². The molecule has 3 atom stereocenters. The quantitative estimate of drug-likeness (QED) is 0.684. The topological polar surface area (TPSA) is 60.2 Å². The number of hydrogen-bond acceptors (Lipinski definition) is 6. The number of halogens is 2. The minimum Gasteiger partial charge on any atom is -0.382 e. The number of ether oxygens (including phenoxy) is 1. The highest BCUT2D eigenvalue weighted by Gasteiger charge is 2.40. The van der Waals surface area contributed by atoms with Gasteiger partial charge in [0.1, 0.15) is 29.9 Å². The summed E-state index contributed by atoms with van der Waals surface area (Å²) < 4.78 is 34.8. The predicted octanol–water partition coefficient (Wildman–Crippen LogP) is 3.39. The molecular weight excluding hydrogens is 380 g/mol. The van der Waals surface area contributed by atoms with Crippen molar-refractivity contribution in [1.29, 1.82) is 0 Å². The Hall–Kier alpha value is -1.16. The Labute approximate surface area is 158 Å². The van der Waals surface area contributed by atoms with Crippen LogP contribution in [0.15, 0.2) is 30.9 Å². The van der Waals surface area contributed by atoms with Crippen molar-refractivity contribution in [2.24, 2.45) is 0 Å². The highest BCUT2D eigenvalue weighted by Crippen LogP contribution is 2.41. The average molecular weight is 402 g/mol. The van der Waals surface area contributed by atoms with Crippen LogP contribution in [0.1, 0.15) is 25.3 Å². The number of benzene rings is 1. The molecule has 1 aromatic heterocycles. The molecule has 3 rings (SSSR count). The molecule has 0 radical (unpaired) electrons. The summed E-state index contributed by atoms with van der Waals surface area (Å²) in [7, 11) is 3.06.